The van der Waals surface area contributed by atoms with E-state index in [0.717, 1.165) is 11.0 Å². The van der Waals surface area contributed by atoms with Crippen LogP contribution in [-0.4, -0.2) is 6.54 Å². The van der Waals surface area contributed by atoms with Gasteiger partial charge < -0.3 is 4.90 Å². The van der Waals surface area contributed by atoms with Crippen molar-refractivity contribution in [2.75, 3.05) is 11.4 Å². The van der Waals surface area contributed by atoms with Crippen LogP contribution in [0.5, 0.6) is 0 Å². The molecule has 0 N–H and O–H groups in total. The fourth-order valence-electron chi connectivity index (χ4n) is 1.93. The van der Waals surface area contributed by atoms with Gasteiger partial charge in [0, 0.05) is 22.4 Å². The maximum atomic E-state index is 3.47. The first kappa shape index (κ1) is 12.2. The molecule has 0 unspecified atom stereocenters. The van der Waals surface area contributed by atoms with Gasteiger partial charge in [-0.15, -0.1) is 0 Å². The second-order valence-electron chi connectivity index (χ2n) is 4.06. The summed E-state index contributed by atoms with van der Waals surface area (Å²) in [6, 6.07) is 17.0. The van der Waals surface area contributed by atoms with E-state index in [2.05, 4.69) is 83.2 Å². The molecule has 2 rings (SSSR count). The molecule has 0 amide bonds. The van der Waals surface area contributed by atoms with E-state index < -0.39 is 0 Å². The van der Waals surface area contributed by atoms with Gasteiger partial charge in [-0.2, -0.15) is 0 Å². The zero-order valence-corrected chi connectivity index (χ0v) is 11.7. The molecule has 0 aromatic heterocycles. The van der Waals surface area contributed by atoms with Gasteiger partial charge in [-0.25, -0.2) is 0 Å². The number of hydrogen-bond acceptors (Lipinski definition) is 1. The molecule has 2 aromatic rings. The molecule has 2 heteroatoms. The lowest BCUT2D eigenvalue weighted by atomic mass is 10.2. The van der Waals surface area contributed by atoms with Gasteiger partial charge in [-0.1, -0.05) is 28.1 Å². The molecule has 0 spiro atoms. The lowest BCUT2D eigenvalue weighted by Crippen LogP contribution is -2.15. The van der Waals surface area contributed by atoms with Crippen LogP contribution in [0.3, 0.4) is 0 Å². The molecule has 0 bridgehead atoms. The van der Waals surface area contributed by atoms with Crippen molar-refractivity contribution in [1.82, 2.24) is 0 Å². The predicted octanol–water partition coefficient (Wildman–Crippen LogP) is 4.92. The van der Waals surface area contributed by atoms with Crippen molar-refractivity contribution in [3.63, 3.8) is 0 Å². The minimum atomic E-state index is 0.963. The molecule has 0 radical (unpaired) electrons. The van der Waals surface area contributed by atoms with Gasteiger partial charge in [0.2, 0.25) is 0 Å². The van der Waals surface area contributed by atoms with E-state index in [4.69, 9.17) is 0 Å². The number of halogens is 1. The molecule has 1 nitrogen and oxygen atoms in total. The van der Waals surface area contributed by atoms with Crippen LogP contribution < -0.4 is 4.90 Å². The van der Waals surface area contributed by atoms with E-state index in [1.165, 1.54) is 16.9 Å². The highest BCUT2D eigenvalue weighted by Crippen LogP contribution is 2.26. The van der Waals surface area contributed by atoms with Gasteiger partial charge in [0.05, 0.1) is 0 Å². The quantitative estimate of drug-likeness (QED) is 0.776. The van der Waals surface area contributed by atoms with E-state index >= 15 is 0 Å². The van der Waals surface area contributed by atoms with E-state index in [1.54, 1.807) is 0 Å². The van der Waals surface area contributed by atoms with E-state index in [1.807, 2.05) is 0 Å². The van der Waals surface area contributed by atoms with Crippen LogP contribution in [0.15, 0.2) is 53.0 Å². The number of anilines is 2. The van der Waals surface area contributed by atoms with Crippen LogP contribution in [0.25, 0.3) is 0 Å². The van der Waals surface area contributed by atoms with Crippen molar-refractivity contribution in [2.45, 2.75) is 13.8 Å². The Kier molecular flexibility index (Phi) is 3.85. The lowest BCUT2D eigenvalue weighted by molar-refractivity contribution is 1.02. The Morgan fingerprint density at radius 3 is 2.29 bits per heavy atom. The lowest BCUT2D eigenvalue weighted by Gasteiger charge is -2.23. The first-order chi connectivity index (χ1) is 8.20. The highest BCUT2D eigenvalue weighted by atomic mass is 79.9. The van der Waals surface area contributed by atoms with Crippen molar-refractivity contribution in [1.29, 1.82) is 0 Å². The molecule has 0 saturated heterocycles. The van der Waals surface area contributed by atoms with Gasteiger partial charge in [0.1, 0.15) is 0 Å². The van der Waals surface area contributed by atoms with Crippen LogP contribution in [0, 0.1) is 6.92 Å². The predicted molar refractivity (Wildman–Crippen MR) is 78.0 cm³/mol. The summed E-state index contributed by atoms with van der Waals surface area (Å²) >= 11 is 3.47. The average Bonchev–Trinajstić information content (AvgIpc) is 2.33. The average molecular weight is 290 g/mol. The van der Waals surface area contributed by atoms with Gasteiger partial charge in [0.15, 0.2) is 0 Å². The smallest absolute Gasteiger partial charge is 0.0413 e. The van der Waals surface area contributed by atoms with E-state index in [0.29, 0.717) is 0 Å². The second-order valence-corrected chi connectivity index (χ2v) is 4.98. The summed E-state index contributed by atoms with van der Waals surface area (Å²) in [7, 11) is 0. The molecular weight excluding hydrogens is 274 g/mol. The molecule has 17 heavy (non-hydrogen) atoms. The number of hydrogen-bond donors (Lipinski definition) is 0. The van der Waals surface area contributed by atoms with Crippen molar-refractivity contribution in [3.8, 4) is 0 Å². The normalized spacial score (nSPS) is 10.3. The molecule has 0 aliphatic rings. The molecule has 0 atom stereocenters. The monoisotopic (exact) mass is 289 g/mol. The van der Waals surface area contributed by atoms with Crippen LogP contribution in [0.2, 0.25) is 0 Å². The van der Waals surface area contributed by atoms with Crippen LogP contribution in [-0.2, 0) is 0 Å². The highest BCUT2D eigenvalue weighted by Gasteiger charge is 2.06. The zero-order chi connectivity index (χ0) is 12.3. The largest absolute Gasteiger partial charge is 0.342 e. The molecule has 0 aliphatic carbocycles. The van der Waals surface area contributed by atoms with Crippen molar-refractivity contribution >= 4 is 27.3 Å². The summed E-state index contributed by atoms with van der Waals surface area (Å²) in [6.45, 7) is 5.26. The molecule has 0 heterocycles. The summed E-state index contributed by atoms with van der Waals surface area (Å²) in [4.78, 5) is 2.30. The molecule has 88 valence electrons. The maximum absolute atomic E-state index is 3.47. The van der Waals surface area contributed by atoms with Gasteiger partial charge in [-0.05, 0) is 55.8 Å². The first-order valence-corrected chi connectivity index (χ1v) is 6.60. The highest BCUT2D eigenvalue weighted by molar-refractivity contribution is 9.10. The third kappa shape index (κ3) is 2.89. The Morgan fingerprint density at radius 1 is 1.00 bits per heavy atom. The zero-order valence-electron chi connectivity index (χ0n) is 10.2. The fourth-order valence-corrected chi connectivity index (χ4v) is 2.20. The summed E-state index contributed by atoms with van der Waals surface area (Å²) < 4.78 is 1.11. The molecule has 0 aliphatic heterocycles. The van der Waals surface area contributed by atoms with Crippen molar-refractivity contribution < 1.29 is 0 Å². The second kappa shape index (κ2) is 5.37. The van der Waals surface area contributed by atoms with Crippen molar-refractivity contribution in [3.05, 3.63) is 58.6 Å². The maximum Gasteiger partial charge on any atom is 0.0413 e. The third-order valence-electron chi connectivity index (χ3n) is 2.77. The van der Waals surface area contributed by atoms with Crippen LogP contribution >= 0.6 is 15.9 Å². The van der Waals surface area contributed by atoms with Crippen LogP contribution in [0.1, 0.15) is 12.5 Å². The first-order valence-electron chi connectivity index (χ1n) is 5.80. The SMILES string of the molecule is CCN(c1ccc(Br)cc1)c1cccc(C)c1. The topological polar surface area (TPSA) is 3.24 Å². The third-order valence-corrected chi connectivity index (χ3v) is 3.30. The van der Waals surface area contributed by atoms with E-state index in [-0.39, 0.29) is 0 Å². The summed E-state index contributed by atoms with van der Waals surface area (Å²) in [5.74, 6) is 0. The Balaban J connectivity index is 2.36. The molecule has 0 fully saturated rings. The molecular formula is C15H16BrN. The Labute approximate surface area is 111 Å². The Hall–Kier alpha value is -1.28. The minimum Gasteiger partial charge on any atom is -0.342 e. The number of aryl methyl sites for hydroxylation is 1. The standard InChI is InChI=1S/C15H16BrN/c1-3-17(14-9-7-13(16)8-10-14)15-6-4-5-12(2)11-15/h4-11H,3H2,1-2H3. The summed E-state index contributed by atoms with van der Waals surface area (Å²) in [5.41, 5.74) is 3.76. The van der Waals surface area contributed by atoms with Gasteiger partial charge >= 0.3 is 0 Å². The number of rotatable bonds is 3. The van der Waals surface area contributed by atoms with Crippen LogP contribution in [0.4, 0.5) is 11.4 Å². The number of nitrogens with zero attached hydrogens (tertiary/aromatic N) is 1. The molecule has 0 saturated carbocycles. The molecule has 2 aromatic carbocycles. The number of benzene rings is 2. The summed E-state index contributed by atoms with van der Waals surface area (Å²) in [6.07, 6.45) is 0. The van der Waals surface area contributed by atoms with Crippen molar-refractivity contribution in [2.24, 2.45) is 0 Å². The fraction of sp³-hybridized carbons (Fsp3) is 0.200. The Bertz CT molecular complexity index is 491. The van der Waals surface area contributed by atoms with Gasteiger partial charge in [-0.3, -0.25) is 0 Å². The van der Waals surface area contributed by atoms with Gasteiger partial charge in [0.25, 0.3) is 0 Å². The minimum absolute atomic E-state index is 0.963. The Morgan fingerprint density at radius 2 is 1.71 bits per heavy atom. The van der Waals surface area contributed by atoms with E-state index in [9.17, 15) is 0 Å². The summed E-state index contributed by atoms with van der Waals surface area (Å²) in [5, 5.41) is 0.